The Hall–Kier alpha value is -5.26. The molecular weight excluding hydrogens is 786 g/mol. The van der Waals surface area contributed by atoms with Gasteiger partial charge < -0.3 is 36.8 Å². The minimum absolute atomic E-state index is 0.0437. The number of hydrogen-bond donors (Lipinski definition) is 6. The number of thioether (sulfide) groups is 1. The normalized spacial score (nSPS) is 19.8. The Morgan fingerprint density at radius 1 is 0.932 bits per heavy atom. The van der Waals surface area contributed by atoms with E-state index in [1.807, 2.05) is 30.6 Å². The Bertz CT molecular complexity index is 1950. The number of aromatic nitrogens is 2. The molecule has 2 unspecified atom stereocenters. The van der Waals surface area contributed by atoms with Crippen molar-refractivity contribution in [1.29, 1.82) is 0 Å². The van der Waals surface area contributed by atoms with Crippen LogP contribution in [0, 0.1) is 0 Å². The standard InChI is InChI=1S/C41H53F3N10O4S/c1-26-17-22-53(2)32-15-14-30(27-9-8-10-28(23-27)41(42,43)44)50-38(32)54(26)40(58)49-29-16-19-45-34(24-29)46-20-21-48-36(56)12-4-3-7-18-47-35(55)13-6-5-11-33-37-31(25-59-33)51-39(57)52-37/h8-10,14-16,19,23-24,26,31,33,37H,3-7,11-13,17-18,20-22,25H2,1-2H3,(H,47,55)(H,48,56)(H2,51,52,57)(H2,45,46,49,58)/t26-,31?,33+,37?/m1/s1. The van der Waals surface area contributed by atoms with Crippen LogP contribution in [0.25, 0.3) is 11.3 Å². The summed E-state index contributed by atoms with van der Waals surface area (Å²) in [4.78, 5) is 62.6. The highest BCUT2D eigenvalue weighted by Gasteiger charge is 2.42. The third-order valence-electron chi connectivity index (χ3n) is 10.8. The van der Waals surface area contributed by atoms with Gasteiger partial charge in [-0.2, -0.15) is 24.9 Å². The minimum Gasteiger partial charge on any atom is -0.372 e. The van der Waals surface area contributed by atoms with Crippen molar-refractivity contribution in [3.63, 3.8) is 0 Å². The van der Waals surface area contributed by atoms with Gasteiger partial charge >= 0.3 is 18.2 Å². The third-order valence-corrected chi connectivity index (χ3v) is 12.3. The molecular formula is C41H53F3N10O4S. The number of nitrogens with zero attached hydrogens (tertiary/aromatic N) is 4. The van der Waals surface area contributed by atoms with Crippen molar-refractivity contribution in [2.75, 3.05) is 59.4 Å². The van der Waals surface area contributed by atoms with Gasteiger partial charge in [0, 0.05) is 86.6 Å². The number of hydrogen-bond acceptors (Lipinski definition) is 9. The van der Waals surface area contributed by atoms with Crippen LogP contribution < -0.4 is 41.7 Å². The molecule has 318 valence electrons. The van der Waals surface area contributed by atoms with E-state index < -0.39 is 17.8 Å². The lowest BCUT2D eigenvalue weighted by atomic mass is 10.0. The van der Waals surface area contributed by atoms with Gasteiger partial charge in [-0.1, -0.05) is 25.0 Å². The molecule has 59 heavy (non-hydrogen) atoms. The molecule has 6 rings (SSSR count). The van der Waals surface area contributed by atoms with Crippen LogP contribution in [0.3, 0.4) is 0 Å². The third kappa shape index (κ3) is 11.9. The fourth-order valence-corrected chi connectivity index (χ4v) is 9.06. The summed E-state index contributed by atoms with van der Waals surface area (Å²) in [7, 11) is 1.89. The number of rotatable bonds is 17. The van der Waals surface area contributed by atoms with Gasteiger partial charge in [-0.3, -0.25) is 14.5 Å². The van der Waals surface area contributed by atoms with Crippen molar-refractivity contribution < 1.29 is 32.3 Å². The summed E-state index contributed by atoms with van der Waals surface area (Å²) in [6.45, 7) is 3.91. The number of benzene rings is 1. The maximum atomic E-state index is 13.9. The average molecular weight is 839 g/mol. The molecule has 0 aliphatic carbocycles. The molecule has 2 fully saturated rings. The Morgan fingerprint density at radius 2 is 1.71 bits per heavy atom. The Kier molecular flexibility index (Phi) is 14.8. The van der Waals surface area contributed by atoms with Crippen LogP contribution in [0.5, 0.6) is 0 Å². The number of nitrogens with one attached hydrogen (secondary N) is 6. The van der Waals surface area contributed by atoms with Gasteiger partial charge in [-0.15, -0.1) is 0 Å². The van der Waals surface area contributed by atoms with E-state index in [-0.39, 0.29) is 41.5 Å². The second-order valence-electron chi connectivity index (χ2n) is 15.2. The zero-order valence-electron chi connectivity index (χ0n) is 33.4. The van der Waals surface area contributed by atoms with Gasteiger partial charge in [0.05, 0.1) is 29.0 Å². The Balaban J connectivity index is 0.881. The number of amides is 6. The molecule has 2 saturated heterocycles. The average Bonchev–Trinajstić information content (AvgIpc) is 3.73. The Labute approximate surface area is 346 Å². The lowest BCUT2D eigenvalue weighted by molar-refractivity contribution is -0.137. The fourth-order valence-electron chi connectivity index (χ4n) is 7.51. The quantitative estimate of drug-likeness (QED) is 0.0669. The van der Waals surface area contributed by atoms with Gasteiger partial charge in [-0.05, 0) is 69.4 Å². The topological polar surface area (TPSA) is 173 Å². The minimum atomic E-state index is -4.50. The summed E-state index contributed by atoms with van der Waals surface area (Å²) in [5, 5.41) is 18.3. The van der Waals surface area contributed by atoms with E-state index in [0.29, 0.717) is 85.8 Å². The molecule has 3 aliphatic rings. The Morgan fingerprint density at radius 3 is 2.51 bits per heavy atom. The first-order valence-corrected chi connectivity index (χ1v) is 21.3. The van der Waals surface area contributed by atoms with Gasteiger partial charge in [0.15, 0.2) is 5.82 Å². The van der Waals surface area contributed by atoms with Crippen LogP contribution in [0.1, 0.15) is 70.3 Å². The number of carbonyl (C=O) groups is 4. The highest BCUT2D eigenvalue weighted by Crippen LogP contribution is 2.37. The SMILES string of the molecule is C[C@@H]1CCN(C)c2ccc(-c3cccc(C(F)(F)F)c3)nc2N1C(=O)Nc1ccnc(NCCNC(=O)CCCCCNC(=O)CCCC[C@@H]2SCC3NC(=O)NC32)c1. The number of urea groups is 2. The molecule has 2 aromatic heterocycles. The van der Waals surface area contributed by atoms with Gasteiger partial charge in [-0.25, -0.2) is 19.6 Å². The molecule has 3 aromatic rings. The first kappa shape index (κ1) is 43.3. The zero-order chi connectivity index (χ0) is 41.9. The number of anilines is 4. The van der Waals surface area contributed by atoms with Crippen LogP contribution in [-0.2, 0) is 15.8 Å². The molecule has 0 radical (unpaired) electrons. The number of alkyl halides is 3. The van der Waals surface area contributed by atoms with Crippen LogP contribution in [0.15, 0.2) is 54.7 Å². The highest BCUT2D eigenvalue weighted by atomic mass is 32.2. The zero-order valence-corrected chi connectivity index (χ0v) is 34.2. The van der Waals surface area contributed by atoms with E-state index in [4.69, 9.17) is 4.98 Å². The van der Waals surface area contributed by atoms with E-state index >= 15 is 0 Å². The van der Waals surface area contributed by atoms with E-state index in [1.54, 1.807) is 41.4 Å². The second-order valence-corrected chi connectivity index (χ2v) is 16.5. The van der Waals surface area contributed by atoms with E-state index in [0.717, 1.165) is 50.0 Å². The van der Waals surface area contributed by atoms with E-state index in [2.05, 4.69) is 36.9 Å². The predicted octanol–water partition coefficient (Wildman–Crippen LogP) is 6.36. The van der Waals surface area contributed by atoms with Crippen molar-refractivity contribution in [3.05, 3.63) is 60.3 Å². The van der Waals surface area contributed by atoms with Crippen molar-refractivity contribution >= 4 is 58.6 Å². The maximum Gasteiger partial charge on any atom is 0.416 e. The molecule has 14 nitrogen and oxygen atoms in total. The van der Waals surface area contributed by atoms with Crippen LogP contribution >= 0.6 is 11.8 Å². The predicted molar refractivity (Wildman–Crippen MR) is 225 cm³/mol. The van der Waals surface area contributed by atoms with E-state index in [9.17, 15) is 32.3 Å². The van der Waals surface area contributed by atoms with Crippen molar-refractivity contribution in [3.8, 4) is 11.3 Å². The first-order valence-electron chi connectivity index (χ1n) is 20.3. The summed E-state index contributed by atoms with van der Waals surface area (Å²) < 4.78 is 40.4. The second kappa shape index (κ2) is 20.1. The smallest absolute Gasteiger partial charge is 0.372 e. The molecule has 5 heterocycles. The van der Waals surface area contributed by atoms with Gasteiger partial charge in [0.1, 0.15) is 5.82 Å². The number of pyridine rings is 2. The molecule has 4 atom stereocenters. The molecule has 0 spiro atoms. The molecule has 0 bridgehead atoms. The fraction of sp³-hybridized carbons (Fsp3) is 0.512. The summed E-state index contributed by atoms with van der Waals surface area (Å²) in [5.41, 5.74) is 0.980. The number of fused-ring (bicyclic) bond motifs is 2. The van der Waals surface area contributed by atoms with Crippen molar-refractivity contribution in [2.45, 2.75) is 94.3 Å². The highest BCUT2D eigenvalue weighted by molar-refractivity contribution is 8.00. The lowest BCUT2D eigenvalue weighted by Gasteiger charge is -2.28. The summed E-state index contributed by atoms with van der Waals surface area (Å²) in [6, 6.07) is 11.4. The van der Waals surface area contributed by atoms with Gasteiger partial charge in [0.25, 0.3) is 0 Å². The van der Waals surface area contributed by atoms with Crippen LogP contribution in [0.2, 0.25) is 0 Å². The van der Waals surface area contributed by atoms with Crippen LogP contribution in [0.4, 0.5) is 45.8 Å². The summed E-state index contributed by atoms with van der Waals surface area (Å²) in [5.74, 6) is 1.75. The monoisotopic (exact) mass is 838 g/mol. The molecule has 0 saturated carbocycles. The van der Waals surface area contributed by atoms with Crippen LogP contribution in [-0.4, -0.2) is 96.2 Å². The number of unbranched alkanes of at least 4 members (excludes halogenated alkanes) is 3. The van der Waals surface area contributed by atoms with Crippen molar-refractivity contribution in [2.24, 2.45) is 0 Å². The number of carbonyl (C=O) groups excluding carboxylic acids is 4. The molecule has 1 aromatic carbocycles. The van der Waals surface area contributed by atoms with Crippen molar-refractivity contribution in [1.82, 2.24) is 31.2 Å². The maximum absolute atomic E-state index is 13.9. The molecule has 18 heteroatoms. The largest absolute Gasteiger partial charge is 0.416 e. The summed E-state index contributed by atoms with van der Waals surface area (Å²) in [6.07, 6.45) is 3.64. The molecule has 6 N–H and O–H groups in total. The lowest BCUT2D eigenvalue weighted by Crippen LogP contribution is -2.42. The van der Waals surface area contributed by atoms with Gasteiger partial charge in [0.2, 0.25) is 11.8 Å². The van der Waals surface area contributed by atoms with E-state index in [1.165, 1.54) is 6.07 Å². The summed E-state index contributed by atoms with van der Waals surface area (Å²) >= 11 is 1.88. The number of halogens is 3. The molecule has 3 aliphatic heterocycles. The molecule has 6 amide bonds. The first-order chi connectivity index (χ1) is 28.4.